The van der Waals surface area contributed by atoms with E-state index >= 15 is 0 Å². The number of carbonyl (C=O) groups is 3. The monoisotopic (exact) mass is 674 g/mol. The Kier molecular flexibility index (Phi) is 13.4. The van der Waals surface area contributed by atoms with Gasteiger partial charge in [-0.15, -0.1) is 0 Å². The summed E-state index contributed by atoms with van der Waals surface area (Å²) in [6, 6.07) is 7.25. The van der Waals surface area contributed by atoms with Gasteiger partial charge in [-0.25, -0.2) is 9.59 Å². The maximum absolute atomic E-state index is 14.1. The average molecular weight is 675 g/mol. The van der Waals surface area contributed by atoms with E-state index in [1.165, 1.54) is 13.0 Å². The molecule has 0 aromatic heterocycles. The van der Waals surface area contributed by atoms with Crippen molar-refractivity contribution >= 4 is 41.4 Å². The molecule has 1 aliphatic rings. The van der Waals surface area contributed by atoms with Crippen LogP contribution in [-0.2, 0) is 25.2 Å². The molecule has 0 saturated carbocycles. The van der Waals surface area contributed by atoms with Crippen molar-refractivity contribution in [3.8, 4) is 5.75 Å². The van der Waals surface area contributed by atoms with Crippen molar-refractivity contribution in [1.29, 1.82) is 5.41 Å². The summed E-state index contributed by atoms with van der Waals surface area (Å²) in [4.78, 5) is 45.6. The molecule has 3 rings (SSSR count). The van der Waals surface area contributed by atoms with Crippen molar-refractivity contribution in [3.63, 3.8) is 0 Å². The normalized spacial score (nSPS) is 14.8. The Hall–Kier alpha value is -5.08. The van der Waals surface area contributed by atoms with Crippen molar-refractivity contribution in [2.24, 2.45) is 10.7 Å². The van der Waals surface area contributed by atoms with Crippen LogP contribution in [0.25, 0.3) is 6.08 Å². The van der Waals surface area contributed by atoms with Crippen molar-refractivity contribution in [2.45, 2.75) is 58.3 Å². The standard InChI is InChI=1S/C33H41F3N6O6/c1-4-47-28(44)20-25(31(45)48-5-2)40-32(46)42(26-12-7-13-27(43)29(26)33(34,35)36)16-8-10-22-9-6-11-23(19-22)30(38)39-24-14-17-41(18-15-24)21(3)37/h6-13,19,24-25,37,43H,4-5,14-18,20H2,1-3H3,(H2,38,39)(H,40,46)/b10-8+,37-21?. The molecule has 0 bridgehead atoms. The van der Waals surface area contributed by atoms with Gasteiger partial charge in [0.2, 0.25) is 0 Å². The highest BCUT2D eigenvalue weighted by molar-refractivity contribution is 5.98. The first-order valence-corrected chi connectivity index (χ1v) is 15.4. The number of carbonyl (C=O) groups excluding carboxylic acids is 3. The Morgan fingerprint density at radius 2 is 1.81 bits per heavy atom. The molecule has 5 N–H and O–H groups in total. The number of nitrogens with two attached hydrogens (primary N) is 1. The molecular weight excluding hydrogens is 633 g/mol. The number of benzene rings is 2. The van der Waals surface area contributed by atoms with Crippen LogP contribution in [0, 0.1) is 5.41 Å². The minimum atomic E-state index is -5.05. The van der Waals surface area contributed by atoms with Gasteiger partial charge in [-0.1, -0.05) is 36.4 Å². The van der Waals surface area contributed by atoms with Gasteiger partial charge in [-0.05, 0) is 57.4 Å². The Morgan fingerprint density at radius 1 is 1.15 bits per heavy atom. The summed E-state index contributed by atoms with van der Waals surface area (Å²) in [7, 11) is 0. The van der Waals surface area contributed by atoms with E-state index in [9.17, 15) is 32.7 Å². The number of anilines is 1. The second kappa shape index (κ2) is 17.2. The molecule has 2 aromatic carbocycles. The number of hydrogen-bond donors (Lipinski definition) is 4. The van der Waals surface area contributed by atoms with Crippen LogP contribution in [0.4, 0.5) is 23.7 Å². The third-order valence-electron chi connectivity index (χ3n) is 7.43. The summed E-state index contributed by atoms with van der Waals surface area (Å²) < 4.78 is 52.1. The predicted molar refractivity (Wildman–Crippen MR) is 175 cm³/mol. The lowest BCUT2D eigenvalue weighted by Crippen LogP contribution is -2.50. The highest BCUT2D eigenvalue weighted by atomic mass is 19.4. The van der Waals surface area contributed by atoms with Crippen molar-refractivity contribution in [2.75, 3.05) is 37.7 Å². The van der Waals surface area contributed by atoms with Crippen LogP contribution >= 0.6 is 0 Å². The summed E-state index contributed by atoms with van der Waals surface area (Å²) in [6.45, 7) is 5.71. The number of piperidine rings is 1. The molecule has 1 saturated heterocycles. The van der Waals surface area contributed by atoms with Gasteiger partial charge in [-0.3, -0.25) is 20.1 Å². The number of phenolic OH excluding ortho intramolecular Hbond substituents is 1. The number of urea groups is 1. The van der Waals surface area contributed by atoms with E-state index in [1.807, 2.05) is 4.90 Å². The Morgan fingerprint density at radius 3 is 2.44 bits per heavy atom. The van der Waals surface area contributed by atoms with E-state index in [0.717, 1.165) is 31.0 Å². The number of nitrogens with zero attached hydrogens (tertiary/aromatic N) is 3. The van der Waals surface area contributed by atoms with Crippen LogP contribution in [-0.4, -0.2) is 84.6 Å². The minimum Gasteiger partial charge on any atom is -0.507 e. The van der Waals surface area contributed by atoms with Crippen LogP contribution in [0.2, 0.25) is 0 Å². The lowest BCUT2D eigenvalue weighted by atomic mass is 10.0. The minimum absolute atomic E-state index is 0.000696. The molecule has 0 aliphatic carbocycles. The van der Waals surface area contributed by atoms with Crippen LogP contribution in [0.1, 0.15) is 56.7 Å². The van der Waals surface area contributed by atoms with Crippen molar-refractivity contribution in [3.05, 3.63) is 65.2 Å². The van der Waals surface area contributed by atoms with E-state index in [2.05, 4.69) is 10.3 Å². The molecule has 1 unspecified atom stereocenters. The first-order chi connectivity index (χ1) is 22.7. The highest BCUT2D eigenvalue weighted by Crippen LogP contribution is 2.42. The molecule has 1 fully saturated rings. The fourth-order valence-corrected chi connectivity index (χ4v) is 5.08. The lowest BCUT2D eigenvalue weighted by molar-refractivity contribution is -0.151. The molecule has 15 heteroatoms. The second-order valence-electron chi connectivity index (χ2n) is 10.9. The molecule has 2 amide bonds. The average Bonchev–Trinajstić information content (AvgIpc) is 3.02. The zero-order chi connectivity index (χ0) is 35.4. The maximum Gasteiger partial charge on any atom is 0.421 e. The van der Waals surface area contributed by atoms with Gasteiger partial charge < -0.3 is 30.5 Å². The van der Waals surface area contributed by atoms with E-state index in [-0.39, 0.29) is 19.3 Å². The fourth-order valence-electron chi connectivity index (χ4n) is 5.08. The summed E-state index contributed by atoms with van der Waals surface area (Å²) in [5.41, 5.74) is 5.40. The molecular formula is C33H41F3N6O6. The van der Waals surface area contributed by atoms with Crippen molar-refractivity contribution < 1.29 is 42.1 Å². The maximum atomic E-state index is 14.1. The molecule has 0 radical (unpaired) electrons. The Labute approximate surface area is 276 Å². The predicted octanol–water partition coefficient (Wildman–Crippen LogP) is 4.69. The number of amidine groups is 2. The topological polar surface area (TPSA) is 171 Å². The largest absolute Gasteiger partial charge is 0.507 e. The number of halogens is 3. The number of ether oxygens (including phenoxy) is 2. The van der Waals surface area contributed by atoms with E-state index in [0.29, 0.717) is 40.8 Å². The van der Waals surface area contributed by atoms with Gasteiger partial charge in [0.1, 0.15) is 23.2 Å². The van der Waals surface area contributed by atoms with Crippen LogP contribution in [0.5, 0.6) is 5.75 Å². The van der Waals surface area contributed by atoms with E-state index < -0.39 is 60.2 Å². The van der Waals surface area contributed by atoms with E-state index in [1.54, 1.807) is 44.2 Å². The first-order valence-electron chi connectivity index (χ1n) is 15.4. The number of amides is 2. The van der Waals surface area contributed by atoms with Gasteiger partial charge in [0.25, 0.3) is 0 Å². The number of rotatable bonds is 12. The number of aliphatic imine (C=N–C) groups is 1. The molecule has 48 heavy (non-hydrogen) atoms. The van der Waals surface area contributed by atoms with Gasteiger partial charge in [-0.2, -0.15) is 13.2 Å². The van der Waals surface area contributed by atoms with Gasteiger partial charge in [0, 0.05) is 25.2 Å². The van der Waals surface area contributed by atoms with Gasteiger partial charge >= 0.3 is 24.1 Å². The molecule has 1 heterocycles. The van der Waals surface area contributed by atoms with E-state index in [4.69, 9.17) is 20.6 Å². The Balaban J connectivity index is 1.89. The number of likely N-dealkylation sites (tertiary alicyclic amines) is 1. The van der Waals surface area contributed by atoms with Gasteiger partial charge in [0.05, 0.1) is 37.2 Å². The fraction of sp³-hybridized carbons (Fsp3) is 0.424. The molecule has 260 valence electrons. The highest BCUT2D eigenvalue weighted by Gasteiger charge is 2.39. The number of alkyl halides is 3. The summed E-state index contributed by atoms with van der Waals surface area (Å²) in [5, 5.41) is 20.2. The third-order valence-corrected chi connectivity index (χ3v) is 7.43. The van der Waals surface area contributed by atoms with Gasteiger partial charge in [0.15, 0.2) is 0 Å². The second-order valence-corrected chi connectivity index (χ2v) is 10.9. The SMILES string of the molecule is CCOC(=O)CC(NC(=O)N(C/C=C/c1cccc(C(N)=NC2CCN(C(C)=N)CC2)c1)c1cccc(O)c1C(F)(F)F)C(=O)OCC. The van der Waals surface area contributed by atoms with Crippen LogP contribution in [0.15, 0.2) is 53.5 Å². The zero-order valence-electron chi connectivity index (χ0n) is 27.0. The number of phenols is 1. The van der Waals surface area contributed by atoms with Crippen LogP contribution < -0.4 is 16.0 Å². The lowest BCUT2D eigenvalue weighted by Gasteiger charge is -2.31. The quantitative estimate of drug-likeness (QED) is 0.143. The number of aromatic hydroxyl groups is 1. The molecule has 1 atom stereocenters. The molecule has 2 aromatic rings. The summed E-state index contributed by atoms with van der Waals surface area (Å²) in [5.74, 6) is -2.08. The zero-order valence-corrected chi connectivity index (χ0v) is 27.0. The third kappa shape index (κ3) is 10.5. The summed E-state index contributed by atoms with van der Waals surface area (Å²) >= 11 is 0. The van der Waals surface area contributed by atoms with Crippen molar-refractivity contribution in [1.82, 2.24) is 10.2 Å². The molecule has 0 spiro atoms. The molecule has 12 nitrogen and oxygen atoms in total. The number of nitrogens with one attached hydrogen (secondary N) is 2. The summed E-state index contributed by atoms with van der Waals surface area (Å²) in [6.07, 6.45) is -1.17. The number of esters is 2. The Bertz CT molecular complexity index is 1520. The number of hydrogen-bond acceptors (Lipinski definition) is 8. The smallest absolute Gasteiger partial charge is 0.421 e. The molecule has 1 aliphatic heterocycles. The van der Waals surface area contributed by atoms with Crippen LogP contribution in [0.3, 0.4) is 0 Å². The first kappa shape index (κ1) is 37.4.